The number of amides is 1. The number of anilines is 1. The Morgan fingerprint density at radius 1 is 1.45 bits per heavy atom. The van der Waals surface area contributed by atoms with E-state index < -0.39 is 5.97 Å². The summed E-state index contributed by atoms with van der Waals surface area (Å²) in [5.41, 5.74) is 1.17. The van der Waals surface area contributed by atoms with Crippen LogP contribution in [0.5, 0.6) is 0 Å². The van der Waals surface area contributed by atoms with Crippen molar-refractivity contribution >= 4 is 17.6 Å². The van der Waals surface area contributed by atoms with Crippen molar-refractivity contribution in [3.63, 3.8) is 0 Å². The molecular weight excluding hydrogens is 258 g/mol. The summed E-state index contributed by atoms with van der Waals surface area (Å²) in [5, 5.41) is 15.0. The number of carboxylic acid groups (broad SMARTS) is 1. The molecule has 3 N–H and O–H groups in total. The molecule has 0 spiro atoms. The van der Waals surface area contributed by atoms with Crippen LogP contribution in [0.3, 0.4) is 0 Å². The van der Waals surface area contributed by atoms with E-state index in [-0.39, 0.29) is 17.9 Å². The van der Waals surface area contributed by atoms with E-state index in [9.17, 15) is 9.59 Å². The Bertz CT molecular complexity index is 504. The normalized spacial score (nSPS) is 21.4. The molecule has 2 unspecified atom stereocenters. The van der Waals surface area contributed by atoms with Crippen LogP contribution in [0.25, 0.3) is 0 Å². The number of nitrogens with zero attached hydrogens (tertiary/aromatic N) is 1. The second kappa shape index (κ2) is 6.36. The van der Waals surface area contributed by atoms with Crippen LogP contribution in [0.2, 0.25) is 0 Å². The zero-order valence-corrected chi connectivity index (χ0v) is 11.4. The van der Waals surface area contributed by atoms with Gasteiger partial charge in [0.1, 0.15) is 5.69 Å². The minimum atomic E-state index is -0.730. The highest BCUT2D eigenvalue weighted by atomic mass is 16.4. The first-order valence-electron chi connectivity index (χ1n) is 6.83. The first kappa shape index (κ1) is 14.3. The minimum Gasteiger partial charge on any atom is -0.481 e. The van der Waals surface area contributed by atoms with Gasteiger partial charge in [0.05, 0.1) is 5.92 Å². The fraction of sp³-hybridized carbons (Fsp3) is 0.500. The van der Waals surface area contributed by atoms with Gasteiger partial charge in [-0.15, -0.1) is 0 Å². The molecular formula is C14H19N3O3. The average molecular weight is 277 g/mol. The highest BCUT2D eigenvalue weighted by Gasteiger charge is 2.29. The maximum atomic E-state index is 11.7. The van der Waals surface area contributed by atoms with Crippen molar-refractivity contribution in [3.05, 3.63) is 24.0 Å². The molecule has 0 saturated heterocycles. The Morgan fingerprint density at radius 2 is 2.25 bits per heavy atom. The summed E-state index contributed by atoms with van der Waals surface area (Å²) in [4.78, 5) is 26.7. The largest absolute Gasteiger partial charge is 0.481 e. The topological polar surface area (TPSA) is 91.3 Å². The zero-order chi connectivity index (χ0) is 14.5. The maximum Gasteiger partial charge on any atom is 0.306 e. The summed E-state index contributed by atoms with van der Waals surface area (Å²) in [6.07, 6.45) is 3.72. The van der Waals surface area contributed by atoms with Gasteiger partial charge in [0.25, 0.3) is 5.91 Å². The van der Waals surface area contributed by atoms with Gasteiger partial charge in [0.2, 0.25) is 0 Å². The number of carboxylic acids is 1. The van der Waals surface area contributed by atoms with Gasteiger partial charge in [-0.05, 0) is 38.3 Å². The molecule has 1 fully saturated rings. The number of nitrogens with one attached hydrogen (secondary N) is 2. The molecule has 0 bridgehead atoms. The Balaban J connectivity index is 1.98. The molecule has 1 aliphatic carbocycles. The van der Waals surface area contributed by atoms with Crippen molar-refractivity contribution < 1.29 is 14.7 Å². The van der Waals surface area contributed by atoms with Gasteiger partial charge in [0, 0.05) is 24.5 Å². The van der Waals surface area contributed by atoms with Gasteiger partial charge < -0.3 is 15.7 Å². The molecule has 108 valence electrons. The third-order valence-electron chi connectivity index (χ3n) is 3.48. The molecule has 2 rings (SSSR count). The van der Waals surface area contributed by atoms with Crippen molar-refractivity contribution in [1.29, 1.82) is 0 Å². The Labute approximate surface area is 117 Å². The number of pyridine rings is 1. The summed E-state index contributed by atoms with van der Waals surface area (Å²) in [5.74, 6) is -1.20. The van der Waals surface area contributed by atoms with Crippen LogP contribution in [-0.2, 0) is 4.79 Å². The number of hydrogen-bond acceptors (Lipinski definition) is 4. The molecule has 1 saturated carbocycles. The number of rotatable bonds is 5. The summed E-state index contributed by atoms with van der Waals surface area (Å²) in [6, 6.07) is 3.62. The summed E-state index contributed by atoms with van der Waals surface area (Å²) >= 11 is 0. The van der Waals surface area contributed by atoms with Crippen molar-refractivity contribution in [3.8, 4) is 0 Å². The lowest BCUT2D eigenvalue weighted by molar-refractivity contribution is -0.141. The quantitative estimate of drug-likeness (QED) is 0.758. The standard InChI is InChI=1S/C14H19N3O3/c1-2-15-13(18)12-8-11(5-6-16-12)17-10-4-3-9(7-10)14(19)20/h5-6,8-10H,2-4,7H2,1H3,(H,15,18)(H,16,17)(H,19,20). The first-order chi connectivity index (χ1) is 9.60. The molecule has 1 aromatic rings. The van der Waals surface area contributed by atoms with Crippen LogP contribution in [0.4, 0.5) is 5.69 Å². The lowest BCUT2D eigenvalue weighted by Gasteiger charge is -2.14. The molecule has 0 aliphatic heterocycles. The van der Waals surface area contributed by atoms with E-state index in [1.807, 2.05) is 6.92 Å². The van der Waals surface area contributed by atoms with Gasteiger partial charge in [-0.3, -0.25) is 14.6 Å². The van der Waals surface area contributed by atoms with E-state index in [1.54, 1.807) is 18.3 Å². The second-order valence-electron chi connectivity index (χ2n) is 4.98. The lowest BCUT2D eigenvalue weighted by Crippen LogP contribution is -2.24. The number of aliphatic carboxylic acids is 1. The van der Waals surface area contributed by atoms with Crippen LogP contribution < -0.4 is 10.6 Å². The van der Waals surface area contributed by atoms with Crippen LogP contribution >= 0.6 is 0 Å². The predicted octanol–water partition coefficient (Wildman–Crippen LogP) is 1.50. The van der Waals surface area contributed by atoms with E-state index in [1.165, 1.54) is 0 Å². The Kier molecular flexibility index (Phi) is 4.55. The SMILES string of the molecule is CCNC(=O)c1cc(NC2CCC(C(=O)O)C2)ccn1. The summed E-state index contributed by atoms with van der Waals surface area (Å²) in [7, 11) is 0. The van der Waals surface area contributed by atoms with Gasteiger partial charge >= 0.3 is 5.97 Å². The molecule has 2 atom stereocenters. The van der Waals surface area contributed by atoms with Gasteiger partial charge in [-0.1, -0.05) is 0 Å². The molecule has 0 aromatic carbocycles. The Morgan fingerprint density at radius 3 is 2.90 bits per heavy atom. The predicted molar refractivity (Wildman–Crippen MR) is 74.6 cm³/mol. The number of hydrogen-bond donors (Lipinski definition) is 3. The fourth-order valence-corrected chi connectivity index (χ4v) is 2.47. The summed E-state index contributed by atoms with van der Waals surface area (Å²) in [6.45, 7) is 2.41. The van der Waals surface area contributed by atoms with Gasteiger partial charge in [0.15, 0.2) is 0 Å². The molecule has 6 nitrogen and oxygen atoms in total. The van der Waals surface area contributed by atoms with Crippen molar-refractivity contribution in [1.82, 2.24) is 10.3 Å². The van der Waals surface area contributed by atoms with Gasteiger partial charge in [-0.25, -0.2) is 0 Å². The third-order valence-corrected chi connectivity index (χ3v) is 3.48. The fourth-order valence-electron chi connectivity index (χ4n) is 2.47. The molecule has 20 heavy (non-hydrogen) atoms. The van der Waals surface area contributed by atoms with Crippen LogP contribution in [0, 0.1) is 5.92 Å². The van der Waals surface area contributed by atoms with Crippen molar-refractivity contribution in [2.24, 2.45) is 5.92 Å². The van der Waals surface area contributed by atoms with E-state index >= 15 is 0 Å². The lowest BCUT2D eigenvalue weighted by atomic mass is 10.1. The molecule has 1 heterocycles. The monoisotopic (exact) mass is 277 g/mol. The Hall–Kier alpha value is -2.11. The molecule has 0 radical (unpaired) electrons. The average Bonchev–Trinajstić information content (AvgIpc) is 2.88. The molecule has 1 aromatic heterocycles. The smallest absolute Gasteiger partial charge is 0.306 e. The maximum absolute atomic E-state index is 11.7. The molecule has 1 amide bonds. The van der Waals surface area contributed by atoms with E-state index in [4.69, 9.17) is 5.11 Å². The zero-order valence-electron chi connectivity index (χ0n) is 11.4. The minimum absolute atomic E-state index is 0.139. The molecule has 1 aliphatic rings. The van der Waals surface area contributed by atoms with E-state index in [0.29, 0.717) is 25.1 Å². The van der Waals surface area contributed by atoms with Crippen LogP contribution in [0.15, 0.2) is 18.3 Å². The number of aromatic nitrogens is 1. The van der Waals surface area contributed by atoms with Crippen LogP contribution in [0.1, 0.15) is 36.7 Å². The van der Waals surface area contributed by atoms with Crippen molar-refractivity contribution in [2.45, 2.75) is 32.2 Å². The molecule has 6 heteroatoms. The second-order valence-corrected chi connectivity index (χ2v) is 4.98. The van der Waals surface area contributed by atoms with E-state index in [2.05, 4.69) is 15.6 Å². The highest BCUT2D eigenvalue weighted by molar-refractivity contribution is 5.93. The van der Waals surface area contributed by atoms with E-state index in [0.717, 1.165) is 12.1 Å². The van der Waals surface area contributed by atoms with Crippen LogP contribution in [-0.4, -0.2) is 34.6 Å². The number of carbonyl (C=O) groups is 2. The first-order valence-corrected chi connectivity index (χ1v) is 6.83. The highest BCUT2D eigenvalue weighted by Crippen LogP contribution is 2.28. The van der Waals surface area contributed by atoms with Gasteiger partial charge in [-0.2, -0.15) is 0 Å². The third kappa shape index (κ3) is 3.46. The number of carbonyl (C=O) groups excluding carboxylic acids is 1. The summed E-state index contributed by atoms with van der Waals surface area (Å²) < 4.78 is 0. The van der Waals surface area contributed by atoms with Crippen molar-refractivity contribution in [2.75, 3.05) is 11.9 Å².